The summed E-state index contributed by atoms with van der Waals surface area (Å²) in [6, 6.07) is 23.1. The first-order valence-corrected chi connectivity index (χ1v) is 11.9. The molecule has 2 aliphatic rings. The third-order valence-corrected chi connectivity index (χ3v) is 7.20. The van der Waals surface area contributed by atoms with Gasteiger partial charge >= 0.3 is 0 Å². The zero-order chi connectivity index (χ0) is 22.6. The Morgan fingerprint density at radius 3 is 2.39 bits per heavy atom. The molecule has 3 aromatic heterocycles. The van der Waals surface area contributed by atoms with Crippen molar-refractivity contribution >= 4 is 50.1 Å². The number of nitrogens with one attached hydrogen (secondary N) is 2. The van der Waals surface area contributed by atoms with Gasteiger partial charge in [-0.3, -0.25) is 4.98 Å². The van der Waals surface area contributed by atoms with E-state index in [4.69, 9.17) is 9.97 Å². The van der Waals surface area contributed by atoms with E-state index in [-0.39, 0.29) is 5.41 Å². The summed E-state index contributed by atoms with van der Waals surface area (Å²) in [7, 11) is 0. The number of H-pyrrole nitrogens is 2. The van der Waals surface area contributed by atoms with Crippen molar-refractivity contribution in [2.45, 2.75) is 25.7 Å². The predicted molar refractivity (Wildman–Crippen MR) is 140 cm³/mol. The summed E-state index contributed by atoms with van der Waals surface area (Å²) in [5.74, 6) is 0. The molecule has 1 aromatic carbocycles. The highest BCUT2D eigenvalue weighted by Gasteiger charge is 2.30. The molecule has 162 valence electrons. The summed E-state index contributed by atoms with van der Waals surface area (Å²) >= 11 is 3.85. The van der Waals surface area contributed by atoms with Gasteiger partial charge in [0, 0.05) is 39.6 Å². The van der Waals surface area contributed by atoms with E-state index >= 15 is 0 Å². The Kier molecular flexibility index (Phi) is 4.63. The van der Waals surface area contributed by atoms with Gasteiger partial charge in [-0.1, -0.05) is 44.2 Å². The average molecular weight is 495 g/mol. The molecule has 0 radical (unpaired) electrons. The van der Waals surface area contributed by atoms with Crippen LogP contribution in [0.15, 0.2) is 71.2 Å². The van der Waals surface area contributed by atoms with Gasteiger partial charge in [-0.15, -0.1) is 0 Å². The Balaban J connectivity index is 1.75. The van der Waals surface area contributed by atoms with Crippen LogP contribution in [0.1, 0.15) is 36.6 Å². The summed E-state index contributed by atoms with van der Waals surface area (Å²) in [5, 5.41) is 0. The van der Waals surface area contributed by atoms with Crippen molar-refractivity contribution in [2.24, 2.45) is 0 Å². The number of aromatic nitrogens is 4. The fourth-order valence-corrected chi connectivity index (χ4v) is 5.03. The molecule has 0 fully saturated rings. The molecule has 0 aliphatic carbocycles. The smallest absolute Gasteiger partial charge is 0.0736 e. The lowest BCUT2D eigenvalue weighted by Gasteiger charge is -2.15. The summed E-state index contributed by atoms with van der Waals surface area (Å²) in [6.07, 6.45) is 5.03. The van der Waals surface area contributed by atoms with E-state index in [0.717, 1.165) is 66.9 Å². The fraction of sp³-hybridized carbons (Fsp3) is 0.143. The Morgan fingerprint density at radius 1 is 0.818 bits per heavy atom. The predicted octanol–water partition coefficient (Wildman–Crippen LogP) is 7.44. The summed E-state index contributed by atoms with van der Waals surface area (Å²) in [4.78, 5) is 17.1. The molecular weight excluding hydrogens is 472 g/mol. The number of hydrogen-bond acceptors (Lipinski definition) is 2. The lowest BCUT2D eigenvalue weighted by Crippen LogP contribution is -2.15. The van der Waals surface area contributed by atoms with Crippen molar-refractivity contribution in [2.75, 3.05) is 0 Å². The number of nitrogens with zero attached hydrogens (tertiary/aromatic N) is 2. The van der Waals surface area contributed by atoms with Crippen LogP contribution in [0.2, 0.25) is 0 Å². The Bertz CT molecular complexity index is 1570. The zero-order valence-electron chi connectivity index (χ0n) is 18.5. The monoisotopic (exact) mass is 494 g/mol. The molecule has 0 atom stereocenters. The number of rotatable bonds is 1. The summed E-state index contributed by atoms with van der Waals surface area (Å²) in [5.41, 5.74) is 10.3. The van der Waals surface area contributed by atoms with Crippen LogP contribution in [-0.2, 0) is 11.8 Å². The van der Waals surface area contributed by atoms with Crippen molar-refractivity contribution in [1.29, 1.82) is 0 Å². The molecule has 0 saturated heterocycles. The van der Waals surface area contributed by atoms with E-state index < -0.39 is 0 Å². The maximum Gasteiger partial charge on any atom is 0.0736 e. The van der Waals surface area contributed by atoms with Crippen LogP contribution in [0.3, 0.4) is 0 Å². The maximum absolute atomic E-state index is 5.03. The highest BCUT2D eigenvalue weighted by Crippen LogP contribution is 2.36. The Morgan fingerprint density at radius 2 is 1.58 bits per heavy atom. The molecule has 5 heteroatoms. The van der Waals surface area contributed by atoms with E-state index in [1.807, 2.05) is 6.07 Å². The second kappa shape index (κ2) is 7.56. The molecule has 0 unspecified atom stereocenters. The van der Waals surface area contributed by atoms with E-state index in [1.165, 1.54) is 0 Å². The van der Waals surface area contributed by atoms with Crippen molar-refractivity contribution in [3.63, 3.8) is 0 Å². The molecule has 0 amide bonds. The summed E-state index contributed by atoms with van der Waals surface area (Å²) < 4.78 is 1.00. The first-order chi connectivity index (χ1) is 16.0. The molecule has 4 nitrogen and oxygen atoms in total. The molecular formula is C28H23BrN4. The molecule has 0 saturated carbocycles. The fourth-order valence-electron chi connectivity index (χ4n) is 4.57. The molecule has 5 heterocycles. The maximum atomic E-state index is 5.03. The third kappa shape index (κ3) is 3.62. The normalized spacial score (nSPS) is 14.5. The molecule has 33 heavy (non-hydrogen) atoms. The first-order valence-electron chi connectivity index (χ1n) is 11.1. The van der Waals surface area contributed by atoms with Gasteiger partial charge in [0.15, 0.2) is 0 Å². The number of halogens is 1. The molecule has 4 aromatic rings. The van der Waals surface area contributed by atoms with Crippen molar-refractivity contribution < 1.29 is 0 Å². The van der Waals surface area contributed by atoms with Gasteiger partial charge in [0.1, 0.15) is 0 Å². The van der Waals surface area contributed by atoms with Gasteiger partial charge in [0.2, 0.25) is 0 Å². The highest BCUT2D eigenvalue weighted by molar-refractivity contribution is 9.10. The Hall–Kier alpha value is -3.44. The second-order valence-corrected chi connectivity index (χ2v) is 10.1. The number of fused-ring (bicyclic) bond motifs is 8. The van der Waals surface area contributed by atoms with Gasteiger partial charge in [-0.2, -0.15) is 0 Å². The highest BCUT2D eigenvalue weighted by atomic mass is 79.9. The minimum Gasteiger partial charge on any atom is -0.355 e. The van der Waals surface area contributed by atoms with Crippen LogP contribution < -0.4 is 0 Å². The molecule has 8 bridgehead atoms. The van der Waals surface area contributed by atoms with Crippen LogP contribution in [0.4, 0.5) is 0 Å². The molecule has 0 spiro atoms. The van der Waals surface area contributed by atoms with Gasteiger partial charge in [0.25, 0.3) is 0 Å². The van der Waals surface area contributed by atoms with E-state index in [1.54, 1.807) is 0 Å². The molecule has 2 aliphatic heterocycles. The quantitative estimate of drug-likeness (QED) is 0.254. The zero-order valence-corrected chi connectivity index (χ0v) is 20.1. The van der Waals surface area contributed by atoms with Crippen molar-refractivity contribution in [3.05, 3.63) is 94.0 Å². The lowest BCUT2D eigenvalue weighted by atomic mass is 9.87. The second-order valence-electron chi connectivity index (χ2n) is 9.26. The van der Waals surface area contributed by atoms with Gasteiger partial charge in [-0.25, -0.2) is 4.98 Å². The standard InChI is InChI=1S/C28H23BrN4/c1-28(2)16-24-27(29)23-13-12-22(32-23)26(17-6-4-3-5-7-17)21-11-10-19(31-21)14-18-8-9-20(30-18)15-25(28)33-24/h3-15,30,32H,16H2,1-2H3. The number of benzene rings is 1. The first kappa shape index (κ1) is 20.2. The van der Waals surface area contributed by atoms with Crippen LogP contribution in [0, 0.1) is 0 Å². The lowest BCUT2D eigenvalue weighted by molar-refractivity contribution is 0.543. The van der Waals surface area contributed by atoms with Gasteiger partial charge < -0.3 is 9.97 Å². The minimum atomic E-state index is -0.0458. The Labute approximate surface area is 200 Å². The molecule has 6 rings (SSSR count). The van der Waals surface area contributed by atoms with E-state index in [2.05, 4.69) is 113 Å². The van der Waals surface area contributed by atoms with Gasteiger partial charge in [0.05, 0.1) is 27.1 Å². The van der Waals surface area contributed by atoms with Crippen LogP contribution >= 0.6 is 15.9 Å². The topological polar surface area (TPSA) is 57.4 Å². The van der Waals surface area contributed by atoms with Crippen LogP contribution in [0.25, 0.3) is 45.3 Å². The molecule has 2 N–H and O–H groups in total. The van der Waals surface area contributed by atoms with E-state index in [9.17, 15) is 0 Å². The SMILES string of the molecule is CC1(C)Cc2nc1cc1ccc(cc3nc(c(-c4ccccc4)c4ccc([nH]4)c2Br)C=C3)[nH]1. The van der Waals surface area contributed by atoms with E-state index in [0.29, 0.717) is 0 Å². The number of hydrogen-bond donors (Lipinski definition) is 2. The average Bonchev–Trinajstić information content (AvgIpc) is 3.58. The van der Waals surface area contributed by atoms with Crippen LogP contribution in [0.5, 0.6) is 0 Å². The minimum absolute atomic E-state index is 0.0458. The van der Waals surface area contributed by atoms with Crippen LogP contribution in [-0.4, -0.2) is 19.9 Å². The van der Waals surface area contributed by atoms with Gasteiger partial charge in [-0.05, 0) is 70.0 Å². The van der Waals surface area contributed by atoms with Crippen molar-refractivity contribution in [1.82, 2.24) is 19.9 Å². The largest absolute Gasteiger partial charge is 0.355 e. The third-order valence-electron chi connectivity index (χ3n) is 6.31. The summed E-state index contributed by atoms with van der Waals surface area (Å²) in [6.45, 7) is 4.49. The number of aromatic amines is 2. The van der Waals surface area contributed by atoms with Crippen molar-refractivity contribution in [3.8, 4) is 11.1 Å².